The summed E-state index contributed by atoms with van der Waals surface area (Å²) in [6.07, 6.45) is -0.341. The third kappa shape index (κ3) is 2.88. The molecule has 4 nitrogen and oxygen atoms in total. The molecular formula is C12H24N2O2. The van der Waals surface area contributed by atoms with Gasteiger partial charge >= 0.3 is 6.09 Å². The first kappa shape index (κ1) is 13.3. The number of carbonyl (C=O) groups is 1. The molecule has 2 N–H and O–H groups in total. The highest BCUT2D eigenvalue weighted by molar-refractivity contribution is 5.69. The maximum Gasteiger partial charge on any atom is 0.408 e. The van der Waals surface area contributed by atoms with E-state index in [1.54, 1.807) is 0 Å². The van der Waals surface area contributed by atoms with Gasteiger partial charge in [0.2, 0.25) is 0 Å². The van der Waals surface area contributed by atoms with Crippen molar-refractivity contribution in [2.75, 3.05) is 13.1 Å². The maximum atomic E-state index is 11.7. The van der Waals surface area contributed by atoms with E-state index in [1.165, 1.54) is 0 Å². The van der Waals surface area contributed by atoms with E-state index >= 15 is 0 Å². The molecule has 4 heteroatoms. The fraction of sp³-hybridized carbons (Fsp3) is 0.917. The molecule has 1 heterocycles. The summed E-state index contributed by atoms with van der Waals surface area (Å²) in [5.74, 6) is 0. The van der Waals surface area contributed by atoms with Crippen LogP contribution in [0.25, 0.3) is 0 Å². The second-order valence-electron chi connectivity index (χ2n) is 6.45. The number of hydrogen-bond donors (Lipinski definition) is 2. The predicted molar refractivity (Wildman–Crippen MR) is 64.4 cm³/mol. The van der Waals surface area contributed by atoms with E-state index < -0.39 is 5.60 Å². The molecule has 0 radical (unpaired) electrons. The van der Waals surface area contributed by atoms with Crippen LogP contribution in [-0.2, 0) is 4.74 Å². The smallest absolute Gasteiger partial charge is 0.408 e. The number of carbonyl (C=O) groups excluding carboxylic acids is 1. The van der Waals surface area contributed by atoms with Crippen LogP contribution in [0, 0.1) is 5.41 Å². The highest BCUT2D eigenvalue weighted by Crippen LogP contribution is 2.34. The number of ether oxygens (including phenoxy) is 1. The van der Waals surface area contributed by atoms with Crippen LogP contribution < -0.4 is 10.6 Å². The molecule has 0 aromatic carbocycles. The summed E-state index contributed by atoms with van der Waals surface area (Å²) < 4.78 is 5.28. The summed E-state index contributed by atoms with van der Waals surface area (Å²) in [5.41, 5.74) is -0.671. The second kappa shape index (κ2) is 3.91. The molecule has 0 saturated carbocycles. The van der Waals surface area contributed by atoms with Crippen LogP contribution in [0.3, 0.4) is 0 Å². The molecule has 16 heavy (non-hydrogen) atoms. The van der Waals surface area contributed by atoms with Crippen LogP contribution in [0.4, 0.5) is 4.79 Å². The summed E-state index contributed by atoms with van der Waals surface area (Å²) in [6.45, 7) is 13.6. The largest absolute Gasteiger partial charge is 0.444 e. The maximum absolute atomic E-state index is 11.7. The zero-order valence-corrected chi connectivity index (χ0v) is 11.2. The van der Waals surface area contributed by atoms with E-state index in [0.717, 1.165) is 13.1 Å². The highest BCUT2D eigenvalue weighted by Gasteiger charge is 2.46. The predicted octanol–water partition coefficient (Wildman–Crippen LogP) is 1.90. The first-order valence-corrected chi connectivity index (χ1v) is 5.78. The Kier molecular flexibility index (Phi) is 3.25. The normalized spacial score (nSPS) is 28.9. The van der Waals surface area contributed by atoms with Gasteiger partial charge in [0.15, 0.2) is 0 Å². The Hall–Kier alpha value is -0.770. The van der Waals surface area contributed by atoms with E-state index in [9.17, 15) is 4.79 Å². The number of hydrogen-bond acceptors (Lipinski definition) is 3. The van der Waals surface area contributed by atoms with E-state index in [0.29, 0.717) is 0 Å². The molecule has 1 unspecified atom stereocenters. The Balaban J connectivity index is 2.63. The van der Waals surface area contributed by atoms with Gasteiger partial charge in [-0.05, 0) is 27.7 Å². The Bertz CT molecular complexity index is 281. The lowest BCUT2D eigenvalue weighted by atomic mass is 9.76. The number of alkyl carbamates (subject to hydrolysis) is 1. The second-order valence-corrected chi connectivity index (χ2v) is 6.45. The van der Waals surface area contributed by atoms with E-state index in [2.05, 4.69) is 31.4 Å². The van der Waals surface area contributed by atoms with Crippen molar-refractivity contribution in [2.45, 2.75) is 52.7 Å². The van der Waals surface area contributed by atoms with Crippen LogP contribution >= 0.6 is 0 Å². The molecule has 1 atom stereocenters. The molecule has 0 spiro atoms. The molecule has 0 aromatic heterocycles. The molecule has 94 valence electrons. The number of amides is 1. The van der Waals surface area contributed by atoms with Crippen molar-refractivity contribution >= 4 is 6.09 Å². The van der Waals surface area contributed by atoms with Crippen LogP contribution in [0.1, 0.15) is 41.5 Å². The molecule has 1 aliphatic rings. The topological polar surface area (TPSA) is 50.4 Å². The first-order valence-electron chi connectivity index (χ1n) is 5.78. The van der Waals surface area contributed by atoms with Gasteiger partial charge in [0.05, 0.1) is 5.54 Å². The lowest BCUT2D eigenvalue weighted by Crippen LogP contribution is -2.56. The van der Waals surface area contributed by atoms with Crippen molar-refractivity contribution in [3.63, 3.8) is 0 Å². The van der Waals surface area contributed by atoms with Crippen LogP contribution in [-0.4, -0.2) is 30.3 Å². The lowest BCUT2D eigenvalue weighted by molar-refractivity contribution is 0.0408. The van der Waals surface area contributed by atoms with E-state index in [1.807, 2.05) is 20.8 Å². The van der Waals surface area contributed by atoms with Gasteiger partial charge in [0.1, 0.15) is 5.60 Å². The minimum absolute atomic E-state index is 0.0317. The third-order valence-electron chi connectivity index (χ3n) is 3.32. The molecule has 1 rings (SSSR count). The van der Waals surface area contributed by atoms with Crippen molar-refractivity contribution in [2.24, 2.45) is 5.41 Å². The van der Waals surface area contributed by atoms with Gasteiger partial charge < -0.3 is 15.4 Å². The minimum atomic E-state index is -0.448. The third-order valence-corrected chi connectivity index (χ3v) is 3.32. The van der Waals surface area contributed by atoms with Gasteiger partial charge in [-0.25, -0.2) is 4.79 Å². The first-order chi connectivity index (χ1) is 7.06. The summed E-state index contributed by atoms with van der Waals surface area (Å²) in [4.78, 5) is 11.7. The van der Waals surface area contributed by atoms with Gasteiger partial charge in [-0.1, -0.05) is 13.8 Å². The van der Waals surface area contributed by atoms with Crippen molar-refractivity contribution in [3.05, 3.63) is 0 Å². The summed E-state index contributed by atoms with van der Waals surface area (Å²) in [5, 5.41) is 6.28. The zero-order valence-electron chi connectivity index (χ0n) is 11.2. The van der Waals surface area contributed by atoms with Gasteiger partial charge in [-0.2, -0.15) is 0 Å². The van der Waals surface area contributed by atoms with E-state index in [4.69, 9.17) is 4.74 Å². The minimum Gasteiger partial charge on any atom is -0.444 e. The van der Waals surface area contributed by atoms with Gasteiger partial charge in [0.25, 0.3) is 0 Å². The Morgan fingerprint density at radius 2 is 1.81 bits per heavy atom. The fourth-order valence-corrected chi connectivity index (χ4v) is 1.80. The molecule has 1 saturated heterocycles. The van der Waals surface area contributed by atoms with Crippen molar-refractivity contribution in [1.29, 1.82) is 0 Å². The quantitative estimate of drug-likeness (QED) is 0.720. The highest BCUT2D eigenvalue weighted by atomic mass is 16.6. The number of nitrogens with one attached hydrogen (secondary N) is 2. The Labute approximate surface area is 98.1 Å². The van der Waals surface area contributed by atoms with Crippen molar-refractivity contribution in [1.82, 2.24) is 10.6 Å². The SMILES string of the molecule is CC(C)(C)OC(=O)NC1(C)CNCC1(C)C. The summed E-state index contributed by atoms with van der Waals surface area (Å²) >= 11 is 0. The van der Waals surface area contributed by atoms with Crippen LogP contribution in [0.15, 0.2) is 0 Å². The van der Waals surface area contributed by atoms with Crippen LogP contribution in [0.5, 0.6) is 0 Å². The standard InChI is InChI=1S/C12H24N2O2/c1-10(2,3)16-9(15)14-12(6)8-13-7-11(12,4)5/h13H,7-8H2,1-6H3,(H,14,15). The monoisotopic (exact) mass is 228 g/mol. The Morgan fingerprint density at radius 1 is 1.25 bits per heavy atom. The zero-order chi connectivity index (χ0) is 12.6. The lowest BCUT2D eigenvalue weighted by Gasteiger charge is -2.38. The number of rotatable bonds is 1. The molecular weight excluding hydrogens is 204 g/mol. The van der Waals surface area contributed by atoms with Gasteiger partial charge in [-0.15, -0.1) is 0 Å². The van der Waals surface area contributed by atoms with E-state index in [-0.39, 0.29) is 17.0 Å². The molecule has 1 fully saturated rings. The molecule has 1 aliphatic heterocycles. The molecule has 1 amide bonds. The van der Waals surface area contributed by atoms with Crippen molar-refractivity contribution in [3.8, 4) is 0 Å². The average molecular weight is 228 g/mol. The summed E-state index contributed by atoms with van der Waals surface area (Å²) in [7, 11) is 0. The Morgan fingerprint density at radius 3 is 2.19 bits per heavy atom. The fourth-order valence-electron chi connectivity index (χ4n) is 1.80. The van der Waals surface area contributed by atoms with Gasteiger partial charge in [-0.3, -0.25) is 0 Å². The van der Waals surface area contributed by atoms with Gasteiger partial charge in [0, 0.05) is 18.5 Å². The molecule has 0 bridgehead atoms. The van der Waals surface area contributed by atoms with Crippen molar-refractivity contribution < 1.29 is 9.53 Å². The average Bonchev–Trinajstić information content (AvgIpc) is 2.21. The summed E-state index contributed by atoms with van der Waals surface area (Å²) in [6, 6.07) is 0. The van der Waals surface area contributed by atoms with Crippen LogP contribution in [0.2, 0.25) is 0 Å². The molecule has 0 aromatic rings. The molecule has 0 aliphatic carbocycles.